The standard InChI is InChI=1S/C28H29N3O2/c1-3-14-31(15-4-2)16-13-20-25-24(29-22-11-7-6-10-19(22)28(25)33)17-21-26(20)30-23-12-8-5-9-18(23)27(21)32/h5-12,17H,3-4,13-16H2,1-2H3,(H,29,33)(H,30,32). The number of nitrogens with one attached hydrogen (secondary N) is 2. The van der Waals surface area contributed by atoms with Crippen LogP contribution in [0, 0.1) is 0 Å². The van der Waals surface area contributed by atoms with Gasteiger partial charge in [-0.2, -0.15) is 0 Å². The van der Waals surface area contributed by atoms with E-state index in [1.54, 1.807) is 0 Å². The zero-order chi connectivity index (χ0) is 22.9. The monoisotopic (exact) mass is 439 g/mol. The first kappa shape index (κ1) is 21.4. The van der Waals surface area contributed by atoms with Gasteiger partial charge in [-0.3, -0.25) is 9.59 Å². The number of hydrogen-bond donors (Lipinski definition) is 2. The Hall–Kier alpha value is -3.44. The second kappa shape index (κ2) is 8.83. The van der Waals surface area contributed by atoms with Crippen molar-refractivity contribution in [3.8, 4) is 0 Å². The van der Waals surface area contributed by atoms with Gasteiger partial charge in [0.25, 0.3) is 0 Å². The summed E-state index contributed by atoms with van der Waals surface area (Å²) >= 11 is 0. The minimum absolute atomic E-state index is 0.00419. The minimum atomic E-state index is -0.00419. The zero-order valence-electron chi connectivity index (χ0n) is 19.2. The maximum Gasteiger partial charge on any atom is 0.197 e. The molecule has 5 nitrogen and oxygen atoms in total. The van der Waals surface area contributed by atoms with Crippen molar-refractivity contribution in [3.63, 3.8) is 0 Å². The average Bonchev–Trinajstić information content (AvgIpc) is 2.83. The first-order valence-corrected chi connectivity index (χ1v) is 11.9. The number of pyridine rings is 2. The fraction of sp³-hybridized carbons (Fsp3) is 0.286. The normalized spacial score (nSPS) is 12.0. The van der Waals surface area contributed by atoms with Crippen molar-refractivity contribution in [1.82, 2.24) is 14.9 Å². The molecule has 0 saturated heterocycles. The van der Waals surface area contributed by atoms with Crippen molar-refractivity contribution in [2.45, 2.75) is 33.1 Å². The molecule has 0 aliphatic rings. The first-order valence-electron chi connectivity index (χ1n) is 11.9. The Balaban J connectivity index is 1.84. The molecule has 0 radical (unpaired) electrons. The number of aromatic amines is 2. The Morgan fingerprint density at radius 3 is 1.97 bits per heavy atom. The van der Waals surface area contributed by atoms with Gasteiger partial charge in [0.15, 0.2) is 10.9 Å². The van der Waals surface area contributed by atoms with Crippen molar-refractivity contribution >= 4 is 43.6 Å². The molecule has 2 aromatic heterocycles. The molecule has 0 aliphatic heterocycles. The Bertz CT molecular complexity index is 1590. The van der Waals surface area contributed by atoms with Crippen LogP contribution in [-0.2, 0) is 6.42 Å². The van der Waals surface area contributed by atoms with E-state index in [0.717, 1.165) is 60.1 Å². The minimum Gasteiger partial charge on any atom is -0.354 e. The molecule has 0 fully saturated rings. The number of para-hydroxylation sites is 2. The molecule has 168 valence electrons. The maximum absolute atomic E-state index is 13.7. The molecule has 0 amide bonds. The van der Waals surface area contributed by atoms with Crippen LogP contribution in [0.2, 0.25) is 0 Å². The van der Waals surface area contributed by atoms with Crippen molar-refractivity contribution in [1.29, 1.82) is 0 Å². The third-order valence-corrected chi connectivity index (χ3v) is 6.53. The molecule has 5 rings (SSSR count). The van der Waals surface area contributed by atoms with Crippen molar-refractivity contribution in [2.75, 3.05) is 19.6 Å². The summed E-state index contributed by atoms with van der Waals surface area (Å²) in [6.45, 7) is 7.27. The van der Waals surface area contributed by atoms with Gasteiger partial charge in [-0.05, 0) is 68.2 Å². The van der Waals surface area contributed by atoms with E-state index >= 15 is 0 Å². The third-order valence-electron chi connectivity index (χ3n) is 6.53. The number of aromatic nitrogens is 2. The Morgan fingerprint density at radius 2 is 1.30 bits per heavy atom. The van der Waals surface area contributed by atoms with Crippen LogP contribution in [0.5, 0.6) is 0 Å². The summed E-state index contributed by atoms with van der Waals surface area (Å²) in [5.41, 5.74) is 4.02. The smallest absolute Gasteiger partial charge is 0.197 e. The highest BCUT2D eigenvalue weighted by atomic mass is 16.1. The van der Waals surface area contributed by atoms with Crippen molar-refractivity contribution in [2.24, 2.45) is 0 Å². The number of rotatable bonds is 7. The van der Waals surface area contributed by atoms with E-state index in [1.165, 1.54) is 0 Å². The highest BCUT2D eigenvalue weighted by Gasteiger charge is 2.18. The van der Waals surface area contributed by atoms with Crippen LogP contribution >= 0.6 is 0 Å². The van der Waals surface area contributed by atoms with E-state index in [-0.39, 0.29) is 10.9 Å². The lowest BCUT2D eigenvalue weighted by molar-refractivity contribution is 0.278. The summed E-state index contributed by atoms with van der Waals surface area (Å²) < 4.78 is 0. The Kier molecular flexibility index (Phi) is 5.73. The van der Waals surface area contributed by atoms with E-state index in [2.05, 4.69) is 28.7 Å². The van der Waals surface area contributed by atoms with Gasteiger partial charge in [-0.1, -0.05) is 38.1 Å². The van der Waals surface area contributed by atoms with Crippen LogP contribution in [0.1, 0.15) is 32.3 Å². The molecule has 5 heteroatoms. The van der Waals surface area contributed by atoms with Crippen LogP contribution in [0.4, 0.5) is 0 Å². The average molecular weight is 440 g/mol. The van der Waals surface area contributed by atoms with Gasteiger partial charge >= 0.3 is 0 Å². The summed E-state index contributed by atoms with van der Waals surface area (Å²) in [6.07, 6.45) is 2.87. The lowest BCUT2D eigenvalue weighted by atomic mass is 9.97. The van der Waals surface area contributed by atoms with E-state index in [1.807, 2.05) is 54.6 Å². The Labute approximate surface area is 192 Å². The number of hydrogen-bond acceptors (Lipinski definition) is 3. The van der Waals surface area contributed by atoms with Crippen molar-refractivity contribution < 1.29 is 0 Å². The molecule has 0 atom stereocenters. The fourth-order valence-corrected chi connectivity index (χ4v) is 5.05. The van der Waals surface area contributed by atoms with E-state index in [0.29, 0.717) is 28.0 Å². The topological polar surface area (TPSA) is 69.0 Å². The highest BCUT2D eigenvalue weighted by Crippen LogP contribution is 2.27. The van der Waals surface area contributed by atoms with Gasteiger partial charge < -0.3 is 14.9 Å². The number of benzene rings is 3. The molecule has 0 spiro atoms. The largest absolute Gasteiger partial charge is 0.354 e. The van der Waals surface area contributed by atoms with E-state index < -0.39 is 0 Å². The van der Waals surface area contributed by atoms with Gasteiger partial charge in [-0.15, -0.1) is 0 Å². The number of nitrogens with zero attached hydrogens (tertiary/aromatic N) is 1. The molecular formula is C28H29N3O2. The van der Waals surface area contributed by atoms with Crippen molar-refractivity contribution in [3.05, 3.63) is 80.6 Å². The summed E-state index contributed by atoms with van der Waals surface area (Å²) in [6, 6.07) is 17.0. The molecule has 33 heavy (non-hydrogen) atoms. The number of H-pyrrole nitrogens is 2. The molecular weight excluding hydrogens is 410 g/mol. The predicted octanol–water partition coefficient (Wildman–Crippen LogP) is 5.34. The Morgan fingerprint density at radius 1 is 0.697 bits per heavy atom. The van der Waals surface area contributed by atoms with E-state index in [4.69, 9.17) is 0 Å². The molecule has 3 aromatic carbocycles. The van der Waals surface area contributed by atoms with Crippen LogP contribution in [0.25, 0.3) is 43.6 Å². The zero-order valence-corrected chi connectivity index (χ0v) is 19.2. The van der Waals surface area contributed by atoms with Crippen LogP contribution < -0.4 is 10.9 Å². The fourth-order valence-electron chi connectivity index (χ4n) is 5.05. The SMILES string of the molecule is CCCN(CCC)CCc1c2[nH]c3ccccc3c(=O)c2cc2[nH]c3ccccc3c(=O)c12. The second-order valence-electron chi connectivity index (χ2n) is 8.79. The molecule has 2 heterocycles. The van der Waals surface area contributed by atoms with Gasteiger partial charge in [0.1, 0.15) is 0 Å². The third kappa shape index (κ3) is 3.72. The molecule has 0 bridgehead atoms. The molecule has 5 aromatic rings. The molecule has 0 unspecified atom stereocenters. The van der Waals surface area contributed by atoms with Crippen LogP contribution in [-0.4, -0.2) is 34.5 Å². The molecule has 0 saturated carbocycles. The first-order chi connectivity index (χ1) is 16.1. The maximum atomic E-state index is 13.7. The van der Waals surface area contributed by atoms with Gasteiger partial charge in [0.05, 0.1) is 16.4 Å². The molecule has 2 N–H and O–H groups in total. The summed E-state index contributed by atoms with van der Waals surface area (Å²) in [7, 11) is 0. The van der Waals surface area contributed by atoms with E-state index in [9.17, 15) is 9.59 Å². The molecule has 0 aliphatic carbocycles. The highest BCUT2D eigenvalue weighted by molar-refractivity contribution is 6.05. The lowest BCUT2D eigenvalue weighted by Gasteiger charge is -2.22. The predicted molar refractivity (Wildman–Crippen MR) is 138 cm³/mol. The van der Waals surface area contributed by atoms with Crippen LogP contribution in [0.3, 0.4) is 0 Å². The van der Waals surface area contributed by atoms with Gasteiger partial charge in [0.2, 0.25) is 0 Å². The van der Waals surface area contributed by atoms with Crippen LogP contribution in [0.15, 0.2) is 64.2 Å². The lowest BCUT2D eigenvalue weighted by Crippen LogP contribution is -2.28. The van der Waals surface area contributed by atoms with Gasteiger partial charge in [0, 0.05) is 33.7 Å². The number of fused-ring (bicyclic) bond motifs is 4. The quantitative estimate of drug-likeness (QED) is 0.336. The summed E-state index contributed by atoms with van der Waals surface area (Å²) in [5.74, 6) is 0. The summed E-state index contributed by atoms with van der Waals surface area (Å²) in [5, 5.41) is 2.64. The summed E-state index contributed by atoms with van der Waals surface area (Å²) in [4.78, 5) is 36.5. The van der Waals surface area contributed by atoms with Gasteiger partial charge in [-0.25, -0.2) is 0 Å². The second-order valence-corrected chi connectivity index (χ2v) is 8.79.